The molecule has 3 heterocycles. The number of anilines is 1. The van der Waals surface area contributed by atoms with Crippen LogP contribution in [0, 0.1) is 10.1 Å². The first-order valence-corrected chi connectivity index (χ1v) is 11.0. The molecule has 0 radical (unpaired) electrons. The maximum atomic E-state index is 11.3. The molecule has 0 bridgehead atoms. The number of aliphatic hydroxyl groups is 1. The Balaban J connectivity index is 1.64. The quantitative estimate of drug-likeness (QED) is 0.193. The van der Waals surface area contributed by atoms with E-state index in [-0.39, 0.29) is 34.8 Å². The molecule has 0 saturated carbocycles. The van der Waals surface area contributed by atoms with Crippen LogP contribution in [-0.4, -0.2) is 64.3 Å². The number of nitrogens with two attached hydrogens (primary N) is 1. The van der Waals surface area contributed by atoms with Crippen LogP contribution in [0.2, 0.25) is 0 Å². The zero-order valence-corrected chi connectivity index (χ0v) is 17.6. The molecule has 16 heteroatoms. The van der Waals surface area contributed by atoms with Gasteiger partial charge in [0.25, 0.3) is 5.69 Å². The summed E-state index contributed by atoms with van der Waals surface area (Å²) in [4.78, 5) is 40.8. The van der Waals surface area contributed by atoms with Crippen molar-refractivity contribution in [2.45, 2.75) is 31.1 Å². The average molecular weight is 482 g/mol. The maximum Gasteiger partial charge on any atom is 0.469 e. The molecular formula is C17H19N6O9P. The molecule has 1 saturated heterocycles. The molecule has 15 nitrogen and oxygen atoms in total. The van der Waals surface area contributed by atoms with Crippen molar-refractivity contribution < 1.29 is 38.4 Å². The van der Waals surface area contributed by atoms with Gasteiger partial charge in [-0.15, -0.1) is 0 Å². The maximum absolute atomic E-state index is 11.3. The molecule has 1 aliphatic heterocycles. The van der Waals surface area contributed by atoms with E-state index in [1.165, 1.54) is 35.4 Å². The van der Waals surface area contributed by atoms with Crippen molar-refractivity contribution in [3.05, 3.63) is 52.6 Å². The molecule has 33 heavy (non-hydrogen) atoms. The SMILES string of the molecule is Nc1ncnc2c1ncn2C1OC(COP(=O)(O)O)C(O)C1OCc1ccccc1[N+](=O)[O-]. The van der Waals surface area contributed by atoms with Gasteiger partial charge in [0.15, 0.2) is 17.7 Å². The highest BCUT2D eigenvalue weighted by Gasteiger charge is 2.47. The van der Waals surface area contributed by atoms with E-state index in [9.17, 15) is 19.8 Å². The number of nitrogen functional groups attached to an aromatic ring is 1. The van der Waals surface area contributed by atoms with Crippen molar-refractivity contribution in [2.24, 2.45) is 0 Å². The Morgan fingerprint density at radius 2 is 2.03 bits per heavy atom. The number of nitro groups is 1. The Bertz CT molecular complexity index is 1220. The number of imidazole rings is 1. The van der Waals surface area contributed by atoms with E-state index in [0.717, 1.165) is 0 Å². The number of hydrogen-bond donors (Lipinski definition) is 4. The van der Waals surface area contributed by atoms with Gasteiger partial charge < -0.3 is 30.1 Å². The van der Waals surface area contributed by atoms with E-state index in [2.05, 4.69) is 19.5 Å². The minimum atomic E-state index is -4.83. The third-order valence-electron chi connectivity index (χ3n) is 5.00. The fourth-order valence-electron chi connectivity index (χ4n) is 3.48. The van der Waals surface area contributed by atoms with Gasteiger partial charge in [-0.05, 0) is 6.07 Å². The zero-order valence-electron chi connectivity index (χ0n) is 16.7. The highest BCUT2D eigenvalue weighted by molar-refractivity contribution is 7.46. The van der Waals surface area contributed by atoms with Gasteiger partial charge in [0.2, 0.25) is 0 Å². The monoisotopic (exact) mass is 482 g/mol. The highest BCUT2D eigenvalue weighted by Crippen LogP contribution is 2.40. The van der Waals surface area contributed by atoms with Gasteiger partial charge in [0.1, 0.15) is 30.2 Å². The number of aliphatic hydroxyl groups excluding tert-OH is 1. The van der Waals surface area contributed by atoms with E-state index in [4.69, 9.17) is 25.0 Å². The summed E-state index contributed by atoms with van der Waals surface area (Å²) in [5.74, 6) is 0.107. The fraction of sp³-hybridized carbons (Fsp3) is 0.353. The van der Waals surface area contributed by atoms with E-state index in [0.29, 0.717) is 0 Å². The number of fused-ring (bicyclic) bond motifs is 1. The smallest absolute Gasteiger partial charge is 0.387 e. The third-order valence-corrected chi connectivity index (χ3v) is 5.49. The Kier molecular flexibility index (Phi) is 6.36. The van der Waals surface area contributed by atoms with Gasteiger partial charge in [0, 0.05) is 6.07 Å². The largest absolute Gasteiger partial charge is 0.469 e. The van der Waals surface area contributed by atoms with E-state index >= 15 is 0 Å². The fourth-order valence-corrected chi connectivity index (χ4v) is 3.82. The van der Waals surface area contributed by atoms with Crippen LogP contribution in [0.4, 0.5) is 11.5 Å². The minimum Gasteiger partial charge on any atom is -0.387 e. The van der Waals surface area contributed by atoms with Crippen molar-refractivity contribution >= 4 is 30.5 Å². The zero-order chi connectivity index (χ0) is 23.8. The molecule has 0 amide bonds. The Hall–Kier alpha value is -3.04. The second-order valence-electron chi connectivity index (χ2n) is 7.09. The summed E-state index contributed by atoms with van der Waals surface area (Å²) in [5, 5.41) is 22.1. The number of phosphoric ester groups is 1. The molecule has 1 fully saturated rings. The highest BCUT2D eigenvalue weighted by atomic mass is 31.2. The second kappa shape index (κ2) is 9.07. The normalized spacial score (nSPS) is 23.2. The molecule has 4 rings (SSSR count). The topological polar surface area (TPSA) is 218 Å². The molecule has 0 aliphatic carbocycles. The van der Waals surface area contributed by atoms with Gasteiger partial charge >= 0.3 is 7.82 Å². The minimum absolute atomic E-state index is 0.107. The van der Waals surface area contributed by atoms with Gasteiger partial charge in [-0.2, -0.15) is 0 Å². The third kappa shape index (κ3) is 4.84. The number of aromatic nitrogens is 4. The van der Waals surface area contributed by atoms with Crippen LogP contribution in [0.15, 0.2) is 36.9 Å². The lowest BCUT2D eigenvalue weighted by atomic mass is 10.1. The van der Waals surface area contributed by atoms with Gasteiger partial charge in [-0.25, -0.2) is 19.5 Å². The van der Waals surface area contributed by atoms with Crippen molar-refractivity contribution in [1.82, 2.24) is 19.5 Å². The van der Waals surface area contributed by atoms with E-state index in [1.54, 1.807) is 6.07 Å². The van der Waals surface area contributed by atoms with Crippen LogP contribution in [0.25, 0.3) is 11.2 Å². The molecule has 1 aromatic carbocycles. The number of nitrogens with zero attached hydrogens (tertiary/aromatic N) is 5. The Morgan fingerprint density at radius 1 is 1.27 bits per heavy atom. The summed E-state index contributed by atoms with van der Waals surface area (Å²) in [6.07, 6.45) is -2.29. The average Bonchev–Trinajstić information content (AvgIpc) is 3.32. The lowest BCUT2D eigenvalue weighted by Crippen LogP contribution is -2.35. The van der Waals surface area contributed by atoms with Crippen LogP contribution < -0.4 is 5.73 Å². The molecular weight excluding hydrogens is 463 g/mol. The summed E-state index contributed by atoms with van der Waals surface area (Å²) in [6, 6.07) is 5.93. The molecule has 5 N–H and O–H groups in total. The summed E-state index contributed by atoms with van der Waals surface area (Å²) < 4.78 is 28.6. The van der Waals surface area contributed by atoms with Crippen molar-refractivity contribution in [2.75, 3.05) is 12.3 Å². The Labute approximate surface area is 185 Å². The van der Waals surface area contributed by atoms with E-state index < -0.39 is 43.9 Å². The van der Waals surface area contributed by atoms with Crippen molar-refractivity contribution in [3.63, 3.8) is 0 Å². The molecule has 0 spiro atoms. The molecule has 3 aromatic rings. The first-order chi connectivity index (χ1) is 15.7. The number of nitro benzene ring substituents is 1. The molecule has 1 aliphatic rings. The molecule has 176 valence electrons. The first kappa shape index (κ1) is 23.1. The van der Waals surface area contributed by atoms with Crippen LogP contribution in [-0.2, 0) is 25.2 Å². The number of ether oxygens (including phenoxy) is 2. The first-order valence-electron chi connectivity index (χ1n) is 9.46. The molecule has 4 atom stereocenters. The van der Waals surface area contributed by atoms with Crippen LogP contribution in [0.1, 0.15) is 11.8 Å². The molecule has 2 aromatic heterocycles. The van der Waals surface area contributed by atoms with Gasteiger partial charge in [-0.3, -0.25) is 19.2 Å². The standard InChI is InChI=1S/C17H19N6O9P/c18-15-12-16(20-7-19-15)22(8-21-12)17-14(13(24)11(32-17)6-31-33(27,28)29)30-5-9-3-1-2-4-10(9)23(25)26/h1-4,7-8,11,13-14,17,24H,5-6H2,(H2,18,19,20)(H2,27,28,29). The predicted molar refractivity (Wildman–Crippen MR) is 109 cm³/mol. The lowest BCUT2D eigenvalue weighted by Gasteiger charge is -2.22. The lowest BCUT2D eigenvalue weighted by molar-refractivity contribution is -0.386. The summed E-state index contributed by atoms with van der Waals surface area (Å²) in [7, 11) is -4.83. The number of para-hydroxylation sites is 1. The Morgan fingerprint density at radius 3 is 2.76 bits per heavy atom. The second-order valence-corrected chi connectivity index (χ2v) is 8.33. The number of hydrogen-bond acceptors (Lipinski definition) is 11. The van der Waals surface area contributed by atoms with Crippen molar-refractivity contribution in [3.8, 4) is 0 Å². The number of rotatable bonds is 8. The number of benzene rings is 1. The summed E-state index contributed by atoms with van der Waals surface area (Å²) in [6.45, 7) is -0.897. The number of phosphoric acid groups is 1. The van der Waals surface area contributed by atoms with Crippen LogP contribution >= 0.6 is 7.82 Å². The van der Waals surface area contributed by atoms with E-state index in [1.807, 2.05) is 0 Å². The van der Waals surface area contributed by atoms with Crippen molar-refractivity contribution in [1.29, 1.82) is 0 Å². The molecule has 4 unspecified atom stereocenters. The van der Waals surface area contributed by atoms with Gasteiger partial charge in [0.05, 0.1) is 30.0 Å². The predicted octanol–water partition coefficient (Wildman–Crippen LogP) is 0.270. The van der Waals surface area contributed by atoms with Gasteiger partial charge in [-0.1, -0.05) is 12.1 Å². The summed E-state index contributed by atoms with van der Waals surface area (Å²) >= 11 is 0. The van der Waals surface area contributed by atoms with Crippen LogP contribution in [0.3, 0.4) is 0 Å². The van der Waals surface area contributed by atoms with Crippen LogP contribution in [0.5, 0.6) is 0 Å². The summed E-state index contributed by atoms with van der Waals surface area (Å²) in [5.41, 5.74) is 6.43.